The maximum absolute atomic E-state index is 11.9. The first-order valence-corrected chi connectivity index (χ1v) is 5.55. The molecule has 0 heterocycles. The molecule has 3 amide bonds. The highest BCUT2D eigenvalue weighted by Gasteiger charge is 2.30. The van der Waals surface area contributed by atoms with E-state index >= 15 is 0 Å². The fraction of sp³-hybridized carbons (Fsp3) is 0.273. The van der Waals surface area contributed by atoms with Crippen LogP contribution in [0.15, 0.2) is 24.3 Å². The topological polar surface area (TPSA) is 114 Å². The van der Waals surface area contributed by atoms with Gasteiger partial charge in [0.05, 0.1) is 6.54 Å². The van der Waals surface area contributed by atoms with E-state index in [0.29, 0.717) is 0 Å². The predicted octanol–water partition coefficient (Wildman–Crippen LogP) is 0.553. The number of urea groups is 1. The van der Waals surface area contributed by atoms with E-state index < -0.39 is 36.7 Å². The molecule has 0 saturated carbocycles. The van der Waals surface area contributed by atoms with Crippen LogP contribution in [-0.4, -0.2) is 36.1 Å². The lowest BCUT2D eigenvalue weighted by molar-refractivity contribution is -0.274. The third-order valence-corrected chi connectivity index (χ3v) is 2.13. The van der Waals surface area contributed by atoms with E-state index in [4.69, 9.17) is 10.8 Å². The zero-order valence-corrected chi connectivity index (χ0v) is 10.5. The van der Waals surface area contributed by atoms with E-state index in [1.165, 1.54) is 12.1 Å². The molecule has 1 atom stereocenters. The Kier molecular flexibility index (Phi) is 5.36. The number of anilines is 1. The van der Waals surface area contributed by atoms with Crippen molar-refractivity contribution in [3.05, 3.63) is 24.3 Å². The van der Waals surface area contributed by atoms with E-state index in [1.807, 2.05) is 0 Å². The molecule has 0 spiro atoms. The Morgan fingerprint density at radius 1 is 1.29 bits per heavy atom. The van der Waals surface area contributed by atoms with Crippen LogP contribution >= 0.6 is 0 Å². The maximum atomic E-state index is 11.9. The number of rotatable bonds is 5. The van der Waals surface area contributed by atoms with Gasteiger partial charge in [0.25, 0.3) is 0 Å². The molecule has 0 aromatic heterocycles. The number of nitrogens with one attached hydrogen (secondary N) is 2. The molecule has 10 heteroatoms. The quantitative estimate of drug-likeness (QED) is 0.636. The van der Waals surface area contributed by atoms with Gasteiger partial charge >= 0.3 is 12.4 Å². The summed E-state index contributed by atoms with van der Waals surface area (Å²) in [5.74, 6) is -1.43. The van der Waals surface area contributed by atoms with Crippen molar-refractivity contribution in [2.45, 2.75) is 12.5 Å². The van der Waals surface area contributed by atoms with E-state index in [0.717, 1.165) is 12.1 Å². The van der Waals surface area contributed by atoms with Crippen molar-refractivity contribution in [3.8, 4) is 5.75 Å². The number of aliphatic hydroxyl groups excluding tert-OH is 1. The first kappa shape index (κ1) is 16.6. The molecule has 21 heavy (non-hydrogen) atoms. The molecular weight excluding hydrogens is 295 g/mol. The summed E-state index contributed by atoms with van der Waals surface area (Å²) in [5.41, 5.74) is 4.97. The highest BCUT2D eigenvalue weighted by atomic mass is 19.4. The van der Waals surface area contributed by atoms with Crippen LogP contribution in [0.1, 0.15) is 0 Å². The van der Waals surface area contributed by atoms with Crippen LogP contribution in [0.4, 0.5) is 23.7 Å². The summed E-state index contributed by atoms with van der Waals surface area (Å²) in [5, 5.41) is 13.5. The van der Waals surface area contributed by atoms with Crippen LogP contribution in [0.25, 0.3) is 0 Å². The van der Waals surface area contributed by atoms with Gasteiger partial charge in [-0.2, -0.15) is 0 Å². The number of halogens is 3. The molecule has 116 valence electrons. The van der Waals surface area contributed by atoms with Crippen molar-refractivity contribution >= 4 is 17.6 Å². The fourth-order valence-electron chi connectivity index (χ4n) is 1.21. The fourth-order valence-corrected chi connectivity index (χ4v) is 1.21. The zero-order valence-electron chi connectivity index (χ0n) is 10.5. The molecule has 5 N–H and O–H groups in total. The number of hydrogen-bond donors (Lipinski definition) is 4. The van der Waals surface area contributed by atoms with Crippen LogP contribution in [0.3, 0.4) is 0 Å². The molecule has 0 fully saturated rings. The number of alkyl halides is 3. The van der Waals surface area contributed by atoms with E-state index in [9.17, 15) is 22.8 Å². The molecule has 1 unspecified atom stereocenters. The molecule has 0 aliphatic rings. The number of ether oxygens (including phenoxy) is 1. The summed E-state index contributed by atoms with van der Waals surface area (Å²) in [4.78, 5) is 21.9. The molecule has 0 aliphatic carbocycles. The van der Waals surface area contributed by atoms with Gasteiger partial charge in [0.1, 0.15) is 11.9 Å². The van der Waals surface area contributed by atoms with Gasteiger partial charge < -0.3 is 26.2 Å². The number of amides is 3. The largest absolute Gasteiger partial charge is 0.573 e. The number of primary amides is 1. The Morgan fingerprint density at radius 2 is 1.86 bits per heavy atom. The smallest absolute Gasteiger partial charge is 0.406 e. The van der Waals surface area contributed by atoms with Gasteiger partial charge in [0.2, 0.25) is 5.91 Å². The second kappa shape index (κ2) is 6.79. The lowest BCUT2D eigenvalue weighted by Gasteiger charge is -2.11. The average Bonchev–Trinajstić information content (AvgIpc) is 2.36. The SMILES string of the molecule is NC(=O)C(O)CNC(=O)Nc1ccc(OC(F)(F)F)cc1. The molecule has 7 nitrogen and oxygen atoms in total. The monoisotopic (exact) mass is 307 g/mol. The number of carbonyl (C=O) groups is 2. The summed E-state index contributed by atoms with van der Waals surface area (Å²) < 4.78 is 39.4. The van der Waals surface area contributed by atoms with Crippen molar-refractivity contribution < 1.29 is 32.6 Å². The standard InChI is InChI=1S/C11H12F3N3O4/c12-11(13,14)21-7-3-1-6(2-4-7)17-10(20)16-5-8(18)9(15)19/h1-4,8,18H,5H2,(H2,15,19)(H2,16,17,20). The van der Waals surface area contributed by atoms with Gasteiger partial charge in [0.15, 0.2) is 0 Å². The second-order valence-electron chi connectivity index (χ2n) is 3.83. The Labute approximate surface area is 116 Å². The summed E-state index contributed by atoms with van der Waals surface area (Å²) in [6, 6.07) is 3.64. The summed E-state index contributed by atoms with van der Waals surface area (Å²) in [7, 11) is 0. The minimum Gasteiger partial charge on any atom is -0.406 e. The van der Waals surface area contributed by atoms with Gasteiger partial charge in [-0.25, -0.2) is 4.79 Å². The van der Waals surface area contributed by atoms with Crippen LogP contribution in [0.2, 0.25) is 0 Å². The summed E-state index contributed by atoms with van der Waals surface area (Å²) >= 11 is 0. The first-order valence-electron chi connectivity index (χ1n) is 5.55. The number of hydrogen-bond acceptors (Lipinski definition) is 4. The van der Waals surface area contributed by atoms with Gasteiger partial charge in [-0.1, -0.05) is 0 Å². The molecule has 0 saturated heterocycles. The minimum atomic E-state index is -4.79. The third-order valence-electron chi connectivity index (χ3n) is 2.13. The molecule has 0 radical (unpaired) electrons. The van der Waals surface area contributed by atoms with Gasteiger partial charge in [-0.15, -0.1) is 13.2 Å². The molecule has 1 rings (SSSR count). The Morgan fingerprint density at radius 3 is 2.33 bits per heavy atom. The minimum absolute atomic E-state index is 0.190. The molecule has 0 aliphatic heterocycles. The van der Waals surface area contributed by atoms with E-state index in [1.54, 1.807) is 0 Å². The molecule has 1 aromatic carbocycles. The first-order chi connectivity index (χ1) is 9.67. The normalized spacial score (nSPS) is 12.4. The second-order valence-corrected chi connectivity index (χ2v) is 3.83. The molecule has 1 aromatic rings. The lowest BCUT2D eigenvalue weighted by Crippen LogP contribution is -2.41. The Bertz CT molecular complexity index is 504. The number of nitrogens with two attached hydrogens (primary N) is 1. The Hall–Kier alpha value is -2.49. The van der Waals surface area contributed by atoms with Crippen LogP contribution in [-0.2, 0) is 4.79 Å². The van der Waals surface area contributed by atoms with Crippen molar-refractivity contribution in [3.63, 3.8) is 0 Å². The third kappa shape index (κ3) is 6.47. The van der Waals surface area contributed by atoms with Crippen LogP contribution in [0, 0.1) is 0 Å². The zero-order chi connectivity index (χ0) is 16.0. The van der Waals surface area contributed by atoms with Crippen LogP contribution in [0.5, 0.6) is 5.75 Å². The summed E-state index contributed by atoms with van der Waals surface area (Å²) in [6.45, 7) is -0.392. The number of benzene rings is 1. The number of carbonyl (C=O) groups excluding carboxylic acids is 2. The highest BCUT2D eigenvalue weighted by molar-refractivity contribution is 5.89. The lowest BCUT2D eigenvalue weighted by atomic mass is 10.3. The van der Waals surface area contributed by atoms with Crippen molar-refractivity contribution in [2.75, 3.05) is 11.9 Å². The summed E-state index contributed by atoms with van der Waals surface area (Å²) in [6.07, 6.45) is -6.32. The maximum Gasteiger partial charge on any atom is 0.573 e. The van der Waals surface area contributed by atoms with Gasteiger partial charge in [-0.3, -0.25) is 4.79 Å². The van der Waals surface area contributed by atoms with Crippen molar-refractivity contribution in [1.82, 2.24) is 5.32 Å². The predicted molar refractivity (Wildman–Crippen MR) is 65.3 cm³/mol. The number of aliphatic hydroxyl groups is 1. The van der Waals surface area contributed by atoms with Crippen molar-refractivity contribution in [1.29, 1.82) is 0 Å². The average molecular weight is 307 g/mol. The van der Waals surface area contributed by atoms with Crippen LogP contribution < -0.4 is 21.1 Å². The molecule has 0 bridgehead atoms. The van der Waals surface area contributed by atoms with Crippen molar-refractivity contribution in [2.24, 2.45) is 5.73 Å². The molecular formula is C11H12F3N3O4. The van der Waals surface area contributed by atoms with E-state index in [2.05, 4.69) is 15.4 Å². The van der Waals surface area contributed by atoms with Gasteiger partial charge in [0, 0.05) is 5.69 Å². The van der Waals surface area contributed by atoms with Gasteiger partial charge in [-0.05, 0) is 24.3 Å². The van der Waals surface area contributed by atoms with E-state index in [-0.39, 0.29) is 5.69 Å². The highest BCUT2D eigenvalue weighted by Crippen LogP contribution is 2.23. The Balaban J connectivity index is 2.48.